The van der Waals surface area contributed by atoms with Crippen LogP contribution in [0.15, 0.2) is 47.4 Å². The van der Waals surface area contributed by atoms with E-state index in [-0.39, 0.29) is 5.56 Å². The molecular weight excluding hydrogens is 293 g/mol. The normalized spacial score (nSPS) is 11.8. The topological polar surface area (TPSA) is 45.8 Å². The van der Waals surface area contributed by atoms with Gasteiger partial charge in [0.05, 0.1) is 23.0 Å². The number of H-pyrrole nitrogens is 1. The number of pyridine rings is 2. The van der Waals surface area contributed by atoms with Gasteiger partial charge in [-0.1, -0.05) is 12.1 Å². The molecule has 3 nitrogen and oxygen atoms in total. The lowest BCUT2D eigenvalue weighted by Crippen LogP contribution is -2.05. The van der Waals surface area contributed by atoms with Crippen LogP contribution in [0, 0.1) is 6.92 Å². The van der Waals surface area contributed by atoms with Crippen molar-refractivity contribution in [1.82, 2.24) is 9.97 Å². The molecule has 3 rings (SSSR count). The Labute approximate surface area is 123 Å². The van der Waals surface area contributed by atoms with Crippen molar-refractivity contribution in [1.29, 1.82) is 0 Å². The Balaban J connectivity index is 2.12. The van der Waals surface area contributed by atoms with Gasteiger partial charge in [-0.25, -0.2) is 0 Å². The molecule has 0 aliphatic carbocycles. The first-order valence-corrected chi connectivity index (χ1v) is 6.52. The number of fused-ring (bicyclic) bond motifs is 1. The molecule has 2 aromatic heterocycles. The number of nitrogens with one attached hydrogen (secondary N) is 1. The fourth-order valence-electron chi connectivity index (χ4n) is 2.38. The highest BCUT2D eigenvalue weighted by Crippen LogP contribution is 2.32. The Morgan fingerprint density at radius 2 is 1.73 bits per heavy atom. The van der Waals surface area contributed by atoms with E-state index in [1.807, 2.05) is 6.92 Å². The van der Waals surface area contributed by atoms with Crippen molar-refractivity contribution in [3.8, 4) is 11.3 Å². The molecule has 0 bridgehead atoms. The zero-order valence-corrected chi connectivity index (χ0v) is 11.5. The number of nitrogens with zero attached hydrogens (tertiary/aromatic N) is 1. The largest absolute Gasteiger partial charge is 0.416 e. The molecule has 2 heterocycles. The zero-order valence-electron chi connectivity index (χ0n) is 11.5. The number of halogens is 3. The van der Waals surface area contributed by atoms with Crippen molar-refractivity contribution in [3.05, 3.63) is 64.1 Å². The third kappa shape index (κ3) is 2.47. The monoisotopic (exact) mass is 304 g/mol. The van der Waals surface area contributed by atoms with Gasteiger partial charge in [-0.15, -0.1) is 0 Å². The molecule has 0 fully saturated rings. The maximum absolute atomic E-state index is 12.6. The molecule has 0 saturated carbocycles. The third-order valence-electron chi connectivity index (χ3n) is 3.52. The molecule has 0 unspecified atom stereocenters. The smallest absolute Gasteiger partial charge is 0.321 e. The highest BCUT2D eigenvalue weighted by molar-refractivity contribution is 5.86. The number of hydrogen-bond acceptors (Lipinski definition) is 2. The van der Waals surface area contributed by atoms with Gasteiger partial charge in [-0.05, 0) is 30.7 Å². The van der Waals surface area contributed by atoms with Gasteiger partial charge in [0.25, 0.3) is 0 Å². The summed E-state index contributed by atoms with van der Waals surface area (Å²) in [6.45, 7) is 1.82. The second kappa shape index (κ2) is 4.98. The van der Waals surface area contributed by atoms with E-state index in [1.165, 1.54) is 24.4 Å². The summed E-state index contributed by atoms with van der Waals surface area (Å²) in [4.78, 5) is 18.2. The van der Waals surface area contributed by atoms with Gasteiger partial charge in [0.2, 0.25) is 5.56 Å². The third-order valence-corrected chi connectivity index (χ3v) is 3.52. The first kappa shape index (κ1) is 14.3. The van der Waals surface area contributed by atoms with E-state index in [1.54, 1.807) is 6.07 Å². The molecule has 1 N–H and O–H groups in total. The van der Waals surface area contributed by atoms with Crippen LogP contribution in [0.4, 0.5) is 13.2 Å². The Kier molecular flexibility index (Phi) is 3.24. The van der Waals surface area contributed by atoms with Gasteiger partial charge in [0.1, 0.15) is 0 Å². The van der Waals surface area contributed by atoms with Gasteiger partial charge in [-0.2, -0.15) is 13.2 Å². The van der Waals surface area contributed by atoms with Gasteiger partial charge < -0.3 is 4.98 Å². The summed E-state index contributed by atoms with van der Waals surface area (Å²) in [5.41, 5.74) is 1.66. The fraction of sp³-hybridized carbons (Fsp3) is 0.125. The first-order chi connectivity index (χ1) is 10.4. The molecular formula is C16H11F3N2O. The Hall–Kier alpha value is -2.63. The van der Waals surface area contributed by atoms with E-state index in [9.17, 15) is 18.0 Å². The van der Waals surface area contributed by atoms with E-state index >= 15 is 0 Å². The molecule has 0 aliphatic rings. The summed E-state index contributed by atoms with van der Waals surface area (Å²) in [5, 5.41) is 0.810. The minimum Gasteiger partial charge on any atom is -0.321 e. The Morgan fingerprint density at radius 1 is 1.05 bits per heavy atom. The highest BCUT2D eigenvalue weighted by atomic mass is 19.4. The second-order valence-electron chi connectivity index (χ2n) is 4.96. The van der Waals surface area contributed by atoms with Crippen molar-refractivity contribution in [2.24, 2.45) is 0 Å². The summed E-state index contributed by atoms with van der Waals surface area (Å²) < 4.78 is 37.8. The maximum Gasteiger partial charge on any atom is 0.416 e. The molecule has 6 heteroatoms. The number of benzene rings is 1. The van der Waals surface area contributed by atoms with E-state index in [2.05, 4.69) is 9.97 Å². The van der Waals surface area contributed by atoms with Gasteiger partial charge in [0, 0.05) is 17.0 Å². The summed E-state index contributed by atoms with van der Waals surface area (Å²) >= 11 is 0. The minimum absolute atomic E-state index is 0.226. The van der Waals surface area contributed by atoms with Crippen molar-refractivity contribution in [2.75, 3.05) is 0 Å². The maximum atomic E-state index is 12.6. The van der Waals surface area contributed by atoms with Crippen molar-refractivity contribution in [2.45, 2.75) is 13.1 Å². The summed E-state index contributed by atoms with van der Waals surface area (Å²) in [6.07, 6.45) is -2.85. The van der Waals surface area contributed by atoms with Gasteiger partial charge in [0.15, 0.2) is 0 Å². The molecule has 0 saturated heterocycles. The quantitative estimate of drug-likeness (QED) is 0.740. The van der Waals surface area contributed by atoms with Crippen LogP contribution in [0.5, 0.6) is 0 Å². The summed E-state index contributed by atoms with van der Waals surface area (Å²) in [6, 6.07) is 7.96. The Bertz CT molecular complexity index is 896. The number of rotatable bonds is 1. The molecule has 0 radical (unpaired) electrons. The van der Waals surface area contributed by atoms with E-state index in [4.69, 9.17) is 0 Å². The second-order valence-corrected chi connectivity index (χ2v) is 4.96. The van der Waals surface area contributed by atoms with E-state index in [0.717, 1.165) is 23.1 Å². The highest BCUT2D eigenvalue weighted by Gasteiger charge is 2.30. The van der Waals surface area contributed by atoms with E-state index in [0.29, 0.717) is 16.8 Å². The van der Waals surface area contributed by atoms with Crippen LogP contribution in [0.2, 0.25) is 0 Å². The number of alkyl halides is 3. The summed E-state index contributed by atoms with van der Waals surface area (Å²) in [7, 11) is 0. The predicted octanol–water partition coefficient (Wildman–Crippen LogP) is 3.92. The fourth-order valence-corrected chi connectivity index (χ4v) is 2.38. The number of aromatic amines is 1. The molecule has 0 aliphatic heterocycles. The molecule has 22 heavy (non-hydrogen) atoms. The van der Waals surface area contributed by atoms with Crippen molar-refractivity contribution in [3.63, 3.8) is 0 Å². The molecule has 0 atom stereocenters. The average molecular weight is 304 g/mol. The van der Waals surface area contributed by atoms with Crippen molar-refractivity contribution >= 4 is 10.9 Å². The molecule has 3 aromatic rings. The van der Waals surface area contributed by atoms with Gasteiger partial charge >= 0.3 is 6.18 Å². The number of aromatic nitrogens is 2. The lowest BCUT2D eigenvalue weighted by molar-refractivity contribution is -0.137. The average Bonchev–Trinajstić information content (AvgIpc) is 2.47. The SMILES string of the molecule is Cc1c(-c2ccc(C(F)(F)F)cc2)ncc2[nH]c(=O)ccc12. The molecule has 0 amide bonds. The van der Waals surface area contributed by atoms with Crippen LogP contribution in [0.1, 0.15) is 11.1 Å². The minimum atomic E-state index is -4.36. The molecule has 1 aromatic carbocycles. The van der Waals surface area contributed by atoms with Crippen LogP contribution < -0.4 is 5.56 Å². The number of aryl methyl sites for hydroxylation is 1. The lowest BCUT2D eigenvalue weighted by Gasteiger charge is -2.10. The predicted molar refractivity (Wildman–Crippen MR) is 77.5 cm³/mol. The van der Waals surface area contributed by atoms with Crippen LogP contribution >= 0.6 is 0 Å². The zero-order chi connectivity index (χ0) is 15.9. The standard InChI is InChI=1S/C16H11F3N2O/c1-9-12-6-7-14(22)21-13(12)8-20-15(9)10-2-4-11(5-3-10)16(17,18)19/h2-8H,1H3,(H,21,22). The Morgan fingerprint density at radius 3 is 2.36 bits per heavy atom. The lowest BCUT2D eigenvalue weighted by atomic mass is 10.0. The van der Waals surface area contributed by atoms with E-state index < -0.39 is 11.7 Å². The van der Waals surface area contributed by atoms with Crippen LogP contribution in [0.3, 0.4) is 0 Å². The summed E-state index contributed by atoms with van der Waals surface area (Å²) in [5.74, 6) is 0. The molecule has 112 valence electrons. The van der Waals surface area contributed by atoms with Gasteiger partial charge in [-0.3, -0.25) is 9.78 Å². The van der Waals surface area contributed by atoms with Crippen LogP contribution in [-0.2, 0) is 6.18 Å². The van der Waals surface area contributed by atoms with Crippen LogP contribution in [0.25, 0.3) is 22.2 Å². The van der Waals surface area contributed by atoms with Crippen LogP contribution in [-0.4, -0.2) is 9.97 Å². The van der Waals surface area contributed by atoms with Crippen molar-refractivity contribution < 1.29 is 13.2 Å². The molecule has 0 spiro atoms. The number of hydrogen-bond donors (Lipinski definition) is 1. The first-order valence-electron chi connectivity index (χ1n) is 6.52.